The molecule has 332 valence electrons. The van der Waals surface area contributed by atoms with Crippen molar-refractivity contribution >= 4 is 23.6 Å². The van der Waals surface area contributed by atoms with Gasteiger partial charge in [-0.25, -0.2) is 4.40 Å². The Balaban J connectivity index is 1.89. The summed E-state index contributed by atoms with van der Waals surface area (Å²) in [5.74, 6) is -3.81. The Bertz CT molecular complexity index is 1500. The summed E-state index contributed by atoms with van der Waals surface area (Å²) in [5, 5.41) is 59.5. The molecular weight excluding hydrogens is 769 g/mol. The maximum atomic E-state index is 14.4. The molecule has 3 aliphatic heterocycles. The minimum atomic E-state index is -1.91. The largest absolute Gasteiger partial charge is 0.459 e. The van der Waals surface area contributed by atoms with E-state index in [1.54, 1.807) is 41.5 Å². The summed E-state index contributed by atoms with van der Waals surface area (Å²) in [5.41, 5.74) is -4.14. The molecule has 1 aromatic carbocycles. The van der Waals surface area contributed by atoms with Crippen molar-refractivity contribution in [2.45, 2.75) is 184 Å². The molecule has 3 heterocycles. The summed E-state index contributed by atoms with van der Waals surface area (Å²) < 4.78 is 42.8. The van der Waals surface area contributed by atoms with Crippen LogP contribution >= 0.6 is 11.9 Å². The van der Waals surface area contributed by atoms with Gasteiger partial charge in [0, 0.05) is 54.0 Å². The molecule has 15 heteroatoms. The lowest BCUT2D eigenvalue weighted by atomic mass is 9.73. The van der Waals surface area contributed by atoms with Crippen LogP contribution in [0.3, 0.4) is 0 Å². The van der Waals surface area contributed by atoms with Gasteiger partial charge in [-0.3, -0.25) is 4.79 Å². The Labute approximate surface area is 350 Å². The summed E-state index contributed by atoms with van der Waals surface area (Å²) in [6, 6.07) is 9.23. The fraction of sp³-hybridized carbons (Fsp3) is 0.814. The van der Waals surface area contributed by atoms with E-state index in [2.05, 4.69) is 0 Å². The van der Waals surface area contributed by atoms with Gasteiger partial charge in [0.1, 0.15) is 23.9 Å². The first-order valence-electron chi connectivity index (χ1n) is 20.8. The van der Waals surface area contributed by atoms with Crippen molar-refractivity contribution in [1.82, 2.24) is 4.90 Å². The Morgan fingerprint density at radius 1 is 0.914 bits per heavy atom. The summed E-state index contributed by atoms with van der Waals surface area (Å²) in [6.45, 7) is 17.4. The van der Waals surface area contributed by atoms with Crippen LogP contribution in [0, 0.1) is 23.7 Å². The molecule has 0 aliphatic carbocycles. The normalized spacial score (nSPS) is 45.8. The number of esters is 1. The zero-order chi connectivity index (χ0) is 43.5. The lowest BCUT2D eigenvalue weighted by molar-refractivity contribution is -0.317. The van der Waals surface area contributed by atoms with Gasteiger partial charge in [0.15, 0.2) is 12.6 Å². The van der Waals surface area contributed by atoms with Crippen molar-refractivity contribution in [1.29, 1.82) is 0 Å². The van der Waals surface area contributed by atoms with Crippen LogP contribution in [0.2, 0.25) is 0 Å². The van der Waals surface area contributed by atoms with Gasteiger partial charge in [-0.05, 0) is 93.0 Å². The van der Waals surface area contributed by atoms with Crippen LogP contribution in [-0.2, 0) is 33.2 Å². The quantitative estimate of drug-likeness (QED) is 0.174. The second-order valence-corrected chi connectivity index (χ2v) is 18.8. The van der Waals surface area contributed by atoms with E-state index in [-0.39, 0.29) is 31.4 Å². The van der Waals surface area contributed by atoms with Crippen molar-refractivity contribution in [2.75, 3.05) is 21.2 Å². The van der Waals surface area contributed by atoms with E-state index in [0.29, 0.717) is 12.1 Å². The average Bonchev–Trinajstić information content (AvgIpc) is 3.16. The molecule has 0 radical (unpaired) electrons. The monoisotopic (exact) mass is 840 g/mol. The molecule has 4 rings (SSSR count). The summed E-state index contributed by atoms with van der Waals surface area (Å²) in [6.07, 6.45) is -9.02. The zero-order valence-corrected chi connectivity index (χ0v) is 37.6. The highest BCUT2D eigenvalue weighted by Crippen LogP contribution is 2.41. The van der Waals surface area contributed by atoms with Crippen LogP contribution in [0.25, 0.3) is 0 Å². The van der Waals surface area contributed by atoms with Crippen LogP contribution < -0.4 is 0 Å². The first-order chi connectivity index (χ1) is 27.0. The Hall–Kier alpha value is -1.73. The Kier molecular flexibility index (Phi) is 16.9. The summed E-state index contributed by atoms with van der Waals surface area (Å²) in [4.78, 5) is 17.1. The number of aliphatic hydroxyl groups is 5. The number of methoxy groups -OCH3 is 1. The number of hydrogen-bond donors (Lipinski definition) is 5. The number of benzene rings is 1. The minimum absolute atomic E-state index is 0.0541. The molecule has 3 saturated heterocycles. The number of aliphatic hydroxyl groups excluding tert-OH is 3. The molecule has 0 amide bonds. The SMILES string of the molecule is CC[C@@H]1OC(=O)[C@H](C)[C@H](O[C@H]2C[C@@](C)(OC)[C@@H](O)[C@H](C)O2)[C@H](C)[C@@H](O[C@@H]2O[C@H](C)C[C@H](N(C)C)[C@H]2O)[C@@](C)(O)C[C@@H](C)/C(=N/Sc2ccccc2)[C@@H](C)[C@@H](O)[C@]1(C)O. The molecule has 18 atom stereocenters. The van der Waals surface area contributed by atoms with Gasteiger partial charge < -0.3 is 58.9 Å². The maximum absolute atomic E-state index is 14.4. The third-order valence-electron chi connectivity index (χ3n) is 12.9. The molecule has 0 saturated carbocycles. The van der Waals surface area contributed by atoms with Gasteiger partial charge in [-0.15, -0.1) is 0 Å². The fourth-order valence-electron chi connectivity index (χ4n) is 9.18. The van der Waals surface area contributed by atoms with Crippen molar-refractivity contribution in [2.24, 2.45) is 28.1 Å². The fourth-order valence-corrected chi connectivity index (χ4v) is 10.0. The van der Waals surface area contributed by atoms with Gasteiger partial charge in [0.05, 0.1) is 47.6 Å². The zero-order valence-electron chi connectivity index (χ0n) is 36.8. The lowest BCUT2D eigenvalue weighted by Crippen LogP contribution is -2.61. The number of cyclic esters (lactones) is 1. The van der Waals surface area contributed by atoms with E-state index in [0.717, 1.165) is 4.90 Å². The molecule has 0 spiro atoms. The molecule has 0 aromatic heterocycles. The van der Waals surface area contributed by atoms with Crippen LogP contribution in [0.15, 0.2) is 39.6 Å². The predicted molar refractivity (Wildman–Crippen MR) is 221 cm³/mol. The van der Waals surface area contributed by atoms with E-state index in [1.807, 2.05) is 70.1 Å². The van der Waals surface area contributed by atoms with Crippen LogP contribution in [0.1, 0.15) is 94.9 Å². The summed E-state index contributed by atoms with van der Waals surface area (Å²) in [7, 11) is 5.26. The highest BCUT2D eigenvalue weighted by atomic mass is 32.2. The van der Waals surface area contributed by atoms with E-state index in [4.69, 9.17) is 32.8 Å². The van der Waals surface area contributed by atoms with Gasteiger partial charge in [-0.1, -0.05) is 45.9 Å². The average molecular weight is 841 g/mol. The standard InChI is InChI=1S/C43H72N2O12S/c1-14-31-43(10,51)36(47)25(4)33(44-58-29-18-16-15-17-19-29)23(2)21-41(8,50)38(57-40-34(46)30(45(11)12)20-24(3)53-40)26(5)35(27(6)39(49)55-31)56-32-22-42(9,52-13)37(48)28(7)54-32/h15-19,23-28,30-32,34-38,40,46-48,50-51H,14,20-22H2,1-13H3/b44-33-/t23-,24-,25-,26+,27-,28+,30+,31+,32+,34-,35-,36-,37+,38-,40+,41+,42-,43-/m1/s1. The third kappa shape index (κ3) is 11.0. The third-order valence-corrected chi connectivity index (χ3v) is 13.6. The molecule has 14 nitrogen and oxygen atoms in total. The minimum Gasteiger partial charge on any atom is -0.459 e. The van der Waals surface area contributed by atoms with E-state index in [1.165, 1.54) is 26.0 Å². The molecule has 3 fully saturated rings. The number of rotatable bonds is 9. The highest BCUT2D eigenvalue weighted by molar-refractivity contribution is 7.98. The molecular formula is C43H72N2O12S. The molecule has 0 bridgehead atoms. The number of carbonyl (C=O) groups excluding carboxylic acids is 1. The van der Waals surface area contributed by atoms with Crippen LogP contribution in [-0.4, -0.2) is 148 Å². The van der Waals surface area contributed by atoms with Crippen molar-refractivity contribution in [3.8, 4) is 0 Å². The molecule has 5 N–H and O–H groups in total. The number of ether oxygens (including phenoxy) is 6. The Morgan fingerprint density at radius 3 is 2.14 bits per heavy atom. The Morgan fingerprint density at radius 2 is 1.55 bits per heavy atom. The van der Waals surface area contributed by atoms with Crippen molar-refractivity contribution < 1.29 is 58.7 Å². The smallest absolute Gasteiger partial charge is 0.311 e. The van der Waals surface area contributed by atoms with Gasteiger partial charge in [0.2, 0.25) is 0 Å². The molecule has 58 heavy (non-hydrogen) atoms. The van der Waals surface area contributed by atoms with Crippen LogP contribution in [0.5, 0.6) is 0 Å². The van der Waals surface area contributed by atoms with E-state index in [9.17, 15) is 30.3 Å². The van der Waals surface area contributed by atoms with E-state index < -0.39 is 102 Å². The van der Waals surface area contributed by atoms with Crippen LogP contribution in [0.4, 0.5) is 0 Å². The second kappa shape index (κ2) is 20.0. The lowest BCUT2D eigenvalue weighted by Gasteiger charge is -2.49. The van der Waals surface area contributed by atoms with Gasteiger partial charge in [-0.2, -0.15) is 0 Å². The maximum Gasteiger partial charge on any atom is 0.311 e. The highest BCUT2D eigenvalue weighted by Gasteiger charge is 2.53. The second-order valence-electron chi connectivity index (χ2n) is 18.0. The first-order valence-corrected chi connectivity index (χ1v) is 21.6. The number of likely N-dealkylation sites (N-methyl/N-ethyl adjacent to an activating group) is 1. The number of carbonyl (C=O) groups is 1. The first kappa shape index (κ1) is 48.9. The number of hydrogen-bond acceptors (Lipinski definition) is 15. The topological polar surface area (TPSA) is 189 Å². The summed E-state index contributed by atoms with van der Waals surface area (Å²) >= 11 is 1.22. The molecule has 3 aliphatic rings. The predicted octanol–water partition coefficient (Wildman–Crippen LogP) is 4.36. The van der Waals surface area contributed by atoms with Crippen molar-refractivity contribution in [3.63, 3.8) is 0 Å². The molecule has 1 aromatic rings. The van der Waals surface area contributed by atoms with Gasteiger partial charge in [0.25, 0.3) is 0 Å². The van der Waals surface area contributed by atoms with Crippen molar-refractivity contribution in [3.05, 3.63) is 30.3 Å². The van der Waals surface area contributed by atoms with E-state index >= 15 is 0 Å². The van der Waals surface area contributed by atoms with Gasteiger partial charge >= 0.3 is 5.97 Å². The number of nitrogens with zero attached hydrogens (tertiary/aromatic N) is 2. The molecule has 0 unspecified atom stereocenters.